The van der Waals surface area contributed by atoms with E-state index in [0.29, 0.717) is 5.02 Å². The van der Waals surface area contributed by atoms with Crippen LogP contribution < -0.4 is 9.62 Å². The molecular weight excluding hydrogens is 438 g/mol. The Balaban J connectivity index is 1.99. The lowest BCUT2D eigenvalue weighted by Gasteiger charge is -2.25. The lowest BCUT2D eigenvalue weighted by molar-refractivity contribution is -0.114. The molecule has 0 aromatic heterocycles. The van der Waals surface area contributed by atoms with E-state index < -0.39 is 28.3 Å². The summed E-state index contributed by atoms with van der Waals surface area (Å²) in [6.45, 7) is -0.618. The number of anilines is 2. The number of halogens is 3. The predicted molar refractivity (Wildman–Crippen MR) is 112 cm³/mol. The molecule has 0 aliphatic rings. The van der Waals surface area contributed by atoms with Gasteiger partial charge in [-0.15, -0.1) is 0 Å². The van der Waals surface area contributed by atoms with Gasteiger partial charge in [0.15, 0.2) is 0 Å². The smallest absolute Gasteiger partial charge is 0.264 e. The van der Waals surface area contributed by atoms with Crippen molar-refractivity contribution in [2.75, 3.05) is 16.2 Å². The number of hydrogen-bond donors (Lipinski definition) is 1. The Morgan fingerprint density at radius 1 is 0.966 bits per heavy atom. The maximum Gasteiger partial charge on any atom is 0.264 e. The molecule has 0 bridgehead atoms. The molecular formula is C20H15Cl2FN2O3S. The number of amides is 1. The fraction of sp³-hybridized carbons (Fsp3) is 0.0500. The van der Waals surface area contributed by atoms with Crippen molar-refractivity contribution in [2.24, 2.45) is 0 Å². The van der Waals surface area contributed by atoms with Crippen molar-refractivity contribution in [2.45, 2.75) is 4.90 Å². The molecule has 5 nitrogen and oxygen atoms in total. The molecule has 0 saturated carbocycles. The molecule has 0 aliphatic heterocycles. The second kappa shape index (κ2) is 8.82. The van der Waals surface area contributed by atoms with E-state index in [1.54, 1.807) is 24.3 Å². The summed E-state index contributed by atoms with van der Waals surface area (Å²) in [5.41, 5.74) is 0.0142. The monoisotopic (exact) mass is 452 g/mol. The highest BCUT2D eigenvalue weighted by Gasteiger charge is 2.29. The Kier molecular flexibility index (Phi) is 6.42. The van der Waals surface area contributed by atoms with Gasteiger partial charge in [-0.2, -0.15) is 0 Å². The molecule has 3 aromatic rings. The van der Waals surface area contributed by atoms with Crippen LogP contribution >= 0.6 is 23.2 Å². The van der Waals surface area contributed by atoms with Gasteiger partial charge in [0.05, 0.1) is 21.3 Å². The predicted octanol–water partition coefficient (Wildman–Crippen LogP) is 4.97. The Bertz CT molecular complexity index is 1140. The van der Waals surface area contributed by atoms with Crippen LogP contribution in [0.2, 0.25) is 10.0 Å². The van der Waals surface area contributed by atoms with Crippen LogP contribution in [0.5, 0.6) is 0 Å². The number of carbonyl (C=O) groups excluding carboxylic acids is 1. The molecule has 1 N–H and O–H groups in total. The first-order chi connectivity index (χ1) is 13.8. The van der Waals surface area contributed by atoms with Crippen LogP contribution in [-0.4, -0.2) is 20.9 Å². The number of sulfonamides is 1. The van der Waals surface area contributed by atoms with Crippen molar-refractivity contribution in [1.29, 1.82) is 0 Å². The highest BCUT2D eigenvalue weighted by molar-refractivity contribution is 7.92. The van der Waals surface area contributed by atoms with Crippen LogP contribution in [-0.2, 0) is 14.8 Å². The largest absolute Gasteiger partial charge is 0.322 e. The minimum absolute atomic E-state index is 0.0234. The Labute approximate surface area is 177 Å². The zero-order valence-corrected chi connectivity index (χ0v) is 17.2. The lowest BCUT2D eigenvalue weighted by Crippen LogP contribution is -2.38. The van der Waals surface area contributed by atoms with Gasteiger partial charge in [0.25, 0.3) is 10.0 Å². The summed E-state index contributed by atoms with van der Waals surface area (Å²) >= 11 is 12.1. The average molecular weight is 453 g/mol. The van der Waals surface area contributed by atoms with E-state index in [0.717, 1.165) is 4.31 Å². The Hall–Kier alpha value is -2.61. The van der Waals surface area contributed by atoms with Crippen LogP contribution in [0.4, 0.5) is 15.8 Å². The topological polar surface area (TPSA) is 66.5 Å². The molecule has 29 heavy (non-hydrogen) atoms. The van der Waals surface area contributed by atoms with Crippen molar-refractivity contribution in [3.05, 3.63) is 88.7 Å². The van der Waals surface area contributed by atoms with Gasteiger partial charge in [0.2, 0.25) is 5.91 Å². The van der Waals surface area contributed by atoms with E-state index >= 15 is 0 Å². The van der Waals surface area contributed by atoms with Gasteiger partial charge in [0, 0.05) is 5.02 Å². The van der Waals surface area contributed by atoms with Gasteiger partial charge in [0.1, 0.15) is 12.4 Å². The van der Waals surface area contributed by atoms with Crippen molar-refractivity contribution in [1.82, 2.24) is 0 Å². The minimum Gasteiger partial charge on any atom is -0.322 e. The van der Waals surface area contributed by atoms with Crippen LogP contribution in [0, 0.1) is 5.82 Å². The molecule has 0 fully saturated rings. The molecule has 0 unspecified atom stereocenters. The van der Waals surface area contributed by atoms with Crippen molar-refractivity contribution in [3.63, 3.8) is 0 Å². The van der Waals surface area contributed by atoms with Gasteiger partial charge >= 0.3 is 0 Å². The second-order valence-electron chi connectivity index (χ2n) is 5.95. The Morgan fingerprint density at radius 3 is 2.28 bits per heavy atom. The first-order valence-electron chi connectivity index (χ1n) is 8.36. The SMILES string of the molecule is O=C(CN(c1ccc(Cl)cc1Cl)S(=O)(=O)c1ccccc1)Nc1ccccc1F. The molecule has 1 amide bonds. The lowest BCUT2D eigenvalue weighted by atomic mass is 10.3. The first kappa shape index (κ1) is 21.1. The van der Waals surface area contributed by atoms with Gasteiger partial charge in [-0.1, -0.05) is 53.5 Å². The highest BCUT2D eigenvalue weighted by Crippen LogP contribution is 2.32. The highest BCUT2D eigenvalue weighted by atomic mass is 35.5. The summed E-state index contributed by atoms with van der Waals surface area (Å²) in [7, 11) is -4.14. The van der Waals surface area contributed by atoms with E-state index in [1.165, 1.54) is 48.5 Å². The van der Waals surface area contributed by atoms with Gasteiger partial charge in [-0.3, -0.25) is 9.10 Å². The van der Waals surface area contributed by atoms with E-state index in [-0.39, 0.29) is 21.3 Å². The number of nitrogens with one attached hydrogen (secondary N) is 1. The number of benzene rings is 3. The maximum absolute atomic E-state index is 13.8. The summed E-state index contributed by atoms with van der Waals surface area (Å²) in [5.74, 6) is -1.37. The standard InChI is InChI=1S/C20H15Cl2FN2O3S/c21-14-10-11-19(16(22)12-14)25(29(27,28)15-6-2-1-3-7-15)13-20(26)24-18-9-5-4-8-17(18)23/h1-12H,13H2,(H,24,26). The summed E-state index contributed by atoms with van der Waals surface area (Å²) in [6, 6.07) is 17.4. The van der Waals surface area contributed by atoms with Crippen LogP contribution in [0.3, 0.4) is 0 Å². The van der Waals surface area contributed by atoms with E-state index in [2.05, 4.69) is 5.32 Å². The van der Waals surface area contributed by atoms with E-state index in [4.69, 9.17) is 23.2 Å². The molecule has 0 saturated heterocycles. The van der Waals surface area contributed by atoms with Crippen LogP contribution in [0.1, 0.15) is 0 Å². The summed E-state index contributed by atoms with van der Waals surface area (Å²) in [6.07, 6.45) is 0. The molecule has 9 heteroatoms. The molecule has 0 radical (unpaired) electrons. The summed E-state index contributed by atoms with van der Waals surface area (Å²) in [5, 5.41) is 2.74. The molecule has 0 spiro atoms. The zero-order valence-electron chi connectivity index (χ0n) is 14.8. The molecule has 150 valence electrons. The van der Waals surface area contributed by atoms with Crippen LogP contribution in [0.25, 0.3) is 0 Å². The minimum atomic E-state index is -4.14. The molecule has 0 aliphatic carbocycles. The number of rotatable bonds is 6. The van der Waals surface area contributed by atoms with Crippen LogP contribution in [0.15, 0.2) is 77.7 Å². The Morgan fingerprint density at radius 2 is 1.62 bits per heavy atom. The molecule has 0 heterocycles. The third-order valence-corrected chi connectivity index (χ3v) is 6.26. The summed E-state index contributed by atoms with van der Waals surface area (Å²) < 4.78 is 41.1. The van der Waals surface area contributed by atoms with Gasteiger partial charge in [-0.25, -0.2) is 12.8 Å². The molecule has 0 atom stereocenters. The van der Waals surface area contributed by atoms with Crippen molar-refractivity contribution >= 4 is 50.5 Å². The van der Waals surface area contributed by atoms with E-state index in [9.17, 15) is 17.6 Å². The number of nitrogens with zero attached hydrogens (tertiary/aromatic N) is 1. The second-order valence-corrected chi connectivity index (χ2v) is 8.65. The fourth-order valence-corrected chi connectivity index (χ4v) is 4.61. The van der Waals surface area contributed by atoms with E-state index in [1.807, 2.05) is 0 Å². The third-order valence-electron chi connectivity index (χ3n) is 3.94. The zero-order chi connectivity index (χ0) is 21.0. The normalized spacial score (nSPS) is 11.1. The average Bonchev–Trinajstić information content (AvgIpc) is 2.69. The molecule has 3 aromatic carbocycles. The summed E-state index contributed by atoms with van der Waals surface area (Å²) in [4.78, 5) is 12.5. The van der Waals surface area contributed by atoms with Gasteiger partial charge in [-0.05, 0) is 42.5 Å². The van der Waals surface area contributed by atoms with Crippen molar-refractivity contribution < 1.29 is 17.6 Å². The third kappa shape index (κ3) is 4.87. The quantitative estimate of drug-likeness (QED) is 0.574. The van der Waals surface area contributed by atoms with Crippen molar-refractivity contribution in [3.8, 4) is 0 Å². The molecule has 3 rings (SSSR count). The number of carbonyl (C=O) groups is 1. The number of para-hydroxylation sites is 1. The fourth-order valence-electron chi connectivity index (χ4n) is 2.59. The number of hydrogen-bond acceptors (Lipinski definition) is 3. The first-order valence-corrected chi connectivity index (χ1v) is 10.6. The van der Waals surface area contributed by atoms with Gasteiger partial charge < -0.3 is 5.32 Å². The maximum atomic E-state index is 13.8.